The van der Waals surface area contributed by atoms with Crippen LogP contribution in [0.15, 0.2) is 78.9 Å². The number of aromatic nitrogens is 1. The smallest absolute Gasteiger partial charge is 0.105 e. The fraction of sp³-hybridized carbons (Fsp3) is 0.300. The Hall–Kier alpha value is -2.97. The number of hydrogen-bond donors (Lipinski definition) is 1. The highest BCUT2D eigenvalue weighted by atomic mass is 16.3. The molecule has 4 aromatic rings. The molecular formula is C30H37NO. The van der Waals surface area contributed by atoms with Crippen LogP contribution in [0.1, 0.15) is 81.2 Å². The Kier molecular flexibility index (Phi) is 10.1. The van der Waals surface area contributed by atoms with Gasteiger partial charge in [-0.05, 0) is 46.4 Å². The lowest BCUT2D eigenvalue weighted by molar-refractivity contribution is 0.215. The Morgan fingerprint density at radius 3 is 2.16 bits per heavy atom. The number of para-hydroxylation sites is 1. The first-order valence-electron chi connectivity index (χ1n) is 12.0. The minimum absolute atomic E-state index is 0.542. The van der Waals surface area contributed by atoms with Gasteiger partial charge in [0.15, 0.2) is 0 Å². The van der Waals surface area contributed by atoms with Crippen LogP contribution in [0, 0.1) is 0 Å². The standard InChI is InChI=1S/C24H19NO.3C2H6/c26-24-21-7-3-1-6-18(21)15-19-10-9-16(14-22(19)24)13-20-12-11-17-5-2-4-8-23(17)25-20;3*1-2/h1-12,14,24,26H,13,15H2;3*1-2H3. The van der Waals surface area contributed by atoms with E-state index in [1.807, 2.05) is 77.9 Å². The average Bonchev–Trinajstić information content (AvgIpc) is 2.88. The molecule has 1 aliphatic rings. The zero-order chi connectivity index (χ0) is 23.5. The van der Waals surface area contributed by atoms with Gasteiger partial charge in [0.25, 0.3) is 0 Å². The van der Waals surface area contributed by atoms with Crippen LogP contribution < -0.4 is 0 Å². The van der Waals surface area contributed by atoms with E-state index >= 15 is 0 Å². The van der Waals surface area contributed by atoms with Gasteiger partial charge in [0, 0.05) is 17.5 Å². The van der Waals surface area contributed by atoms with Gasteiger partial charge in [0.1, 0.15) is 6.10 Å². The van der Waals surface area contributed by atoms with E-state index in [1.165, 1.54) is 16.7 Å². The van der Waals surface area contributed by atoms with Crippen LogP contribution in [0.3, 0.4) is 0 Å². The number of pyridine rings is 1. The highest BCUT2D eigenvalue weighted by Crippen LogP contribution is 2.35. The van der Waals surface area contributed by atoms with Crippen LogP contribution in [0.5, 0.6) is 0 Å². The molecule has 0 bridgehead atoms. The van der Waals surface area contributed by atoms with E-state index in [-0.39, 0.29) is 0 Å². The summed E-state index contributed by atoms with van der Waals surface area (Å²) in [6.45, 7) is 12.0. The van der Waals surface area contributed by atoms with E-state index in [4.69, 9.17) is 4.98 Å². The number of aliphatic hydroxyl groups is 1. The van der Waals surface area contributed by atoms with E-state index in [0.717, 1.165) is 40.6 Å². The molecule has 0 aliphatic heterocycles. The highest BCUT2D eigenvalue weighted by molar-refractivity contribution is 5.78. The van der Waals surface area contributed by atoms with Gasteiger partial charge in [-0.15, -0.1) is 0 Å². The van der Waals surface area contributed by atoms with Gasteiger partial charge in [-0.3, -0.25) is 4.98 Å². The summed E-state index contributed by atoms with van der Waals surface area (Å²) in [5.74, 6) is 0. The van der Waals surface area contributed by atoms with Crippen LogP contribution >= 0.6 is 0 Å². The fourth-order valence-corrected chi connectivity index (χ4v) is 3.92. The number of rotatable bonds is 2. The van der Waals surface area contributed by atoms with Crippen molar-refractivity contribution < 1.29 is 5.11 Å². The second kappa shape index (κ2) is 12.8. The Bertz CT molecular complexity index is 1120. The van der Waals surface area contributed by atoms with Gasteiger partial charge in [-0.25, -0.2) is 0 Å². The summed E-state index contributed by atoms with van der Waals surface area (Å²) in [6, 6.07) is 27.0. The van der Waals surface area contributed by atoms with Crippen molar-refractivity contribution in [1.82, 2.24) is 4.98 Å². The SMILES string of the molecule is CC.CC.CC.OC1c2ccccc2Cc2ccc(Cc3ccc4ccccc4n3)cc21. The molecule has 0 radical (unpaired) electrons. The summed E-state index contributed by atoms with van der Waals surface area (Å²) in [4.78, 5) is 4.78. The molecule has 0 spiro atoms. The zero-order valence-corrected chi connectivity index (χ0v) is 20.4. The lowest BCUT2D eigenvalue weighted by Gasteiger charge is -2.25. The first-order chi connectivity index (χ1) is 15.8. The average molecular weight is 428 g/mol. The first kappa shape index (κ1) is 25.3. The van der Waals surface area contributed by atoms with E-state index in [0.29, 0.717) is 0 Å². The first-order valence-corrected chi connectivity index (χ1v) is 12.0. The monoisotopic (exact) mass is 427 g/mol. The third kappa shape index (κ3) is 5.63. The second-order valence-electron chi connectivity index (χ2n) is 6.98. The highest BCUT2D eigenvalue weighted by Gasteiger charge is 2.23. The molecular weight excluding hydrogens is 390 g/mol. The molecule has 3 aromatic carbocycles. The van der Waals surface area contributed by atoms with Crippen LogP contribution in [0.2, 0.25) is 0 Å². The largest absolute Gasteiger partial charge is 0.384 e. The molecule has 2 nitrogen and oxygen atoms in total. The normalized spacial score (nSPS) is 13.2. The van der Waals surface area contributed by atoms with Crippen LogP contribution in [-0.4, -0.2) is 10.1 Å². The summed E-state index contributed by atoms with van der Waals surface area (Å²) < 4.78 is 0. The maximum absolute atomic E-state index is 10.8. The van der Waals surface area contributed by atoms with Gasteiger partial charge in [-0.2, -0.15) is 0 Å². The molecule has 1 unspecified atom stereocenters. The molecule has 1 aromatic heterocycles. The molecule has 168 valence electrons. The molecule has 32 heavy (non-hydrogen) atoms. The molecule has 5 rings (SSSR count). The summed E-state index contributed by atoms with van der Waals surface area (Å²) in [7, 11) is 0. The predicted molar refractivity (Wildman–Crippen MR) is 138 cm³/mol. The summed E-state index contributed by atoms with van der Waals surface area (Å²) in [5, 5.41) is 12.0. The Morgan fingerprint density at radius 1 is 0.719 bits per heavy atom. The van der Waals surface area contributed by atoms with Crippen molar-refractivity contribution in [1.29, 1.82) is 0 Å². The summed E-state index contributed by atoms with van der Waals surface area (Å²) in [6.07, 6.45) is 1.11. The number of fused-ring (bicyclic) bond motifs is 3. The number of benzene rings is 3. The van der Waals surface area contributed by atoms with Crippen LogP contribution in [-0.2, 0) is 12.8 Å². The topological polar surface area (TPSA) is 33.1 Å². The van der Waals surface area contributed by atoms with Crippen molar-refractivity contribution in [3.8, 4) is 0 Å². The van der Waals surface area contributed by atoms with Gasteiger partial charge >= 0.3 is 0 Å². The predicted octanol–water partition coefficient (Wildman–Crippen LogP) is 7.89. The second-order valence-corrected chi connectivity index (χ2v) is 6.98. The minimum atomic E-state index is -0.542. The van der Waals surface area contributed by atoms with Crippen molar-refractivity contribution in [2.45, 2.75) is 60.5 Å². The molecule has 1 atom stereocenters. The van der Waals surface area contributed by atoms with E-state index in [9.17, 15) is 5.11 Å². The third-order valence-corrected chi connectivity index (χ3v) is 5.28. The van der Waals surface area contributed by atoms with Gasteiger partial charge in [0.2, 0.25) is 0 Å². The molecule has 0 saturated heterocycles. The van der Waals surface area contributed by atoms with Crippen molar-refractivity contribution in [3.05, 3.63) is 112 Å². The molecule has 1 N–H and O–H groups in total. The van der Waals surface area contributed by atoms with Crippen molar-refractivity contribution in [2.75, 3.05) is 0 Å². The number of nitrogens with zero attached hydrogens (tertiary/aromatic N) is 1. The molecule has 0 saturated carbocycles. The number of aliphatic hydroxyl groups excluding tert-OH is 1. The summed E-state index contributed by atoms with van der Waals surface area (Å²) in [5.41, 5.74) is 7.75. The lowest BCUT2D eigenvalue weighted by Crippen LogP contribution is -2.13. The maximum atomic E-state index is 10.8. The third-order valence-electron chi connectivity index (χ3n) is 5.28. The molecule has 0 fully saturated rings. The molecule has 0 amide bonds. The van der Waals surface area contributed by atoms with Gasteiger partial charge in [0.05, 0.1) is 5.52 Å². The van der Waals surface area contributed by atoms with Gasteiger partial charge in [-0.1, -0.05) is 108 Å². The molecule has 2 heteroatoms. The zero-order valence-electron chi connectivity index (χ0n) is 20.4. The Balaban J connectivity index is 0.000000561. The molecule has 1 aliphatic carbocycles. The van der Waals surface area contributed by atoms with E-state index in [2.05, 4.69) is 42.5 Å². The van der Waals surface area contributed by atoms with Crippen LogP contribution in [0.25, 0.3) is 10.9 Å². The van der Waals surface area contributed by atoms with E-state index in [1.54, 1.807) is 0 Å². The Labute approximate surface area is 194 Å². The minimum Gasteiger partial charge on any atom is -0.384 e. The Morgan fingerprint density at radius 2 is 1.38 bits per heavy atom. The van der Waals surface area contributed by atoms with E-state index < -0.39 is 6.10 Å². The van der Waals surface area contributed by atoms with Crippen molar-refractivity contribution >= 4 is 10.9 Å². The van der Waals surface area contributed by atoms with Crippen molar-refractivity contribution in [3.63, 3.8) is 0 Å². The molecule has 1 heterocycles. The van der Waals surface area contributed by atoms with Crippen molar-refractivity contribution in [2.24, 2.45) is 0 Å². The quantitative estimate of drug-likeness (QED) is 0.353. The van der Waals surface area contributed by atoms with Crippen LogP contribution in [0.4, 0.5) is 0 Å². The number of hydrogen-bond acceptors (Lipinski definition) is 2. The maximum Gasteiger partial charge on any atom is 0.105 e. The lowest BCUT2D eigenvalue weighted by atomic mass is 9.83. The summed E-state index contributed by atoms with van der Waals surface area (Å²) >= 11 is 0. The fourth-order valence-electron chi connectivity index (χ4n) is 3.92. The van der Waals surface area contributed by atoms with Gasteiger partial charge < -0.3 is 5.11 Å².